The molecule has 1 aliphatic rings. The number of carbonyl (C=O) groups excluding carboxylic acids is 1. The van der Waals surface area contributed by atoms with Gasteiger partial charge in [-0.25, -0.2) is 4.99 Å². The quantitative estimate of drug-likeness (QED) is 0.559. The lowest BCUT2D eigenvalue weighted by Crippen LogP contribution is -2.39. The Bertz CT molecular complexity index is 568. The first-order chi connectivity index (χ1) is 12.2. The topological polar surface area (TPSA) is 66.0 Å². The van der Waals surface area contributed by atoms with Gasteiger partial charge in [0.1, 0.15) is 5.75 Å². The molecule has 0 radical (unpaired) electrons. The van der Waals surface area contributed by atoms with Gasteiger partial charge in [-0.3, -0.25) is 4.79 Å². The molecule has 1 aromatic carbocycles. The zero-order valence-corrected chi connectivity index (χ0v) is 15.4. The van der Waals surface area contributed by atoms with E-state index in [0.717, 1.165) is 49.7 Å². The molecule has 1 heterocycles. The van der Waals surface area contributed by atoms with Gasteiger partial charge in [0.2, 0.25) is 5.91 Å². The molecule has 2 rings (SSSR count). The Hall–Kier alpha value is -2.24. The Labute approximate surface area is 150 Å². The normalized spacial score (nSPS) is 14.5. The summed E-state index contributed by atoms with van der Waals surface area (Å²) in [6.07, 6.45) is 2.75. The fraction of sp³-hybridized carbons (Fsp3) is 0.579. The smallest absolute Gasteiger partial charge is 0.224 e. The molecule has 1 amide bonds. The molecule has 0 spiro atoms. The molecule has 0 saturated carbocycles. The summed E-state index contributed by atoms with van der Waals surface area (Å²) in [5.74, 6) is 1.82. The van der Waals surface area contributed by atoms with Gasteiger partial charge in [-0.05, 0) is 32.8 Å². The number of ether oxygens (including phenoxy) is 1. The van der Waals surface area contributed by atoms with Gasteiger partial charge in [0.15, 0.2) is 5.96 Å². The van der Waals surface area contributed by atoms with E-state index < -0.39 is 0 Å². The number of likely N-dealkylation sites (tertiary alicyclic amines) is 1. The second-order valence-corrected chi connectivity index (χ2v) is 6.00. The number of nitrogens with zero attached hydrogens (tertiary/aromatic N) is 2. The summed E-state index contributed by atoms with van der Waals surface area (Å²) in [6.45, 7) is 8.35. The summed E-state index contributed by atoms with van der Waals surface area (Å²) in [5, 5.41) is 6.47. The molecule has 0 aliphatic carbocycles. The molecular formula is C19H30N4O2. The molecule has 138 valence electrons. The number of amides is 1. The van der Waals surface area contributed by atoms with Gasteiger partial charge in [0.25, 0.3) is 0 Å². The fourth-order valence-electron chi connectivity index (χ4n) is 2.85. The van der Waals surface area contributed by atoms with Gasteiger partial charge in [-0.15, -0.1) is 0 Å². The van der Waals surface area contributed by atoms with Crippen LogP contribution in [0.15, 0.2) is 29.3 Å². The number of nitrogens with one attached hydrogen (secondary N) is 2. The Kier molecular flexibility index (Phi) is 8.09. The lowest BCUT2D eigenvalue weighted by atomic mass is 10.2. The van der Waals surface area contributed by atoms with Gasteiger partial charge < -0.3 is 20.3 Å². The second kappa shape index (κ2) is 10.6. The Morgan fingerprint density at radius 2 is 1.96 bits per heavy atom. The number of carbonyl (C=O) groups is 1. The fourth-order valence-corrected chi connectivity index (χ4v) is 2.85. The monoisotopic (exact) mass is 346 g/mol. The molecule has 0 aromatic heterocycles. The van der Waals surface area contributed by atoms with Crippen LogP contribution in [0.2, 0.25) is 0 Å². The first-order valence-electron chi connectivity index (χ1n) is 9.25. The number of hydrogen-bond acceptors (Lipinski definition) is 3. The maximum Gasteiger partial charge on any atom is 0.224 e. The predicted molar refractivity (Wildman–Crippen MR) is 101 cm³/mol. The van der Waals surface area contributed by atoms with E-state index in [1.807, 2.05) is 43.0 Å². The van der Waals surface area contributed by atoms with Crippen molar-refractivity contribution in [3.63, 3.8) is 0 Å². The van der Waals surface area contributed by atoms with E-state index in [0.29, 0.717) is 26.1 Å². The van der Waals surface area contributed by atoms with Gasteiger partial charge >= 0.3 is 0 Å². The van der Waals surface area contributed by atoms with Crippen molar-refractivity contribution in [2.45, 2.75) is 39.7 Å². The first kappa shape index (κ1) is 19.1. The molecule has 0 bridgehead atoms. The number of hydrogen-bond donors (Lipinski definition) is 2. The summed E-state index contributed by atoms with van der Waals surface area (Å²) in [7, 11) is 0. The van der Waals surface area contributed by atoms with E-state index in [2.05, 4.69) is 15.6 Å². The van der Waals surface area contributed by atoms with Crippen LogP contribution in [0.5, 0.6) is 5.75 Å². The summed E-state index contributed by atoms with van der Waals surface area (Å²) in [5.41, 5.74) is 1.05. The van der Waals surface area contributed by atoms with E-state index >= 15 is 0 Å². The zero-order valence-electron chi connectivity index (χ0n) is 15.4. The van der Waals surface area contributed by atoms with E-state index in [1.54, 1.807) is 0 Å². The summed E-state index contributed by atoms with van der Waals surface area (Å²) < 4.78 is 5.64. The van der Waals surface area contributed by atoms with Crippen LogP contribution < -0.4 is 15.4 Å². The van der Waals surface area contributed by atoms with Crippen molar-refractivity contribution >= 4 is 11.9 Å². The second-order valence-electron chi connectivity index (χ2n) is 6.00. The highest BCUT2D eigenvalue weighted by atomic mass is 16.5. The van der Waals surface area contributed by atoms with Crippen LogP contribution in [0.4, 0.5) is 0 Å². The van der Waals surface area contributed by atoms with Crippen LogP contribution in [0.3, 0.4) is 0 Å². The highest BCUT2D eigenvalue weighted by Gasteiger charge is 2.17. The average molecular weight is 346 g/mol. The zero-order chi connectivity index (χ0) is 17.9. The highest BCUT2D eigenvalue weighted by Crippen LogP contribution is 2.18. The van der Waals surface area contributed by atoms with Crippen molar-refractivity contribution < 1.29 is 9.53 Å². The molecule has 1 saturated heterocycles. The molecule has 0 unspecified atom stereocenters. The number of rotatable bonds is 8. The van der Waals surface area contributed by atoms with Gasteiger partial charge in [-0.1, -0.05) is 18.2 Å². The van der Waals surface area contributed by atoms with E-state index in [1.165, 1.54) is 0 Å². The van der Waals surface area contributed by atoms with E-state index in [9.17, 15) is 4.79 Å². The molecule has 6 nitrogen and oxygen atoms in total. The van der Waals surface area contributed by atoms with Crippen molar-refractivity contribution in [1.29, 1.82) is 0 Å². The van der Waals surface area contributed by atoms with Crippen LogP contribution >= 0.6 is 0 Å². The average Bonchev–Trinajstić information content (AvgIpc) is 3.15. The summed E-state index contributed by atoms with van der Waals surface area (Å²) in [4.78, 5) is 18.6. The van der Waals surface area contributed by atoms with Crippen LogP contribution in [0.1, 0.15) is 38.7 Å². The minimum absolute atomic E-state index is 0.225. The van der Waals surface area contributed by atoms with E-state index in [4.69, 9.17) is 4.74 Å². The Balaban J connectivity index is 1.86. The molecule has 25 heavy (non-hydrogen) atoms. The first-order valence-corrected chi connectivity index (χ1v) is 9.25. The largest absolute Gasteiger partial charge is 0.494 e. The molecular weight excluding hydrogens is 316 g/mol. The Morgan fingerprint density at radius 1 is 1.20 bits per heavy atom. The third-order valence-electron chi connectivity index (χ3n) is 4.11. The molecule has 1 fully saturated rings. The van der Waals surface area contributed by atoms with Gasteiger partial charge in [0, 0.05) is 38.2 Å². The number of para-hydroxylation sites is 1. The molecule has 1 aliphatic heterocycles. The maximum absolute atomic E-state index is 12.1. The number of aliphatic imine (C=N–C) groups is 1. The SMILES string of the molecule is CCNC(=NCc1ccccc1OCC)NCCC(=O)N1CCCC1. The van der Waals surface area contributed by atoms with Crippen LogP contribution in [-0.4, -0.2) is 49.6 Å². The third kappa shape index (κ3) is 6.29. The highest BCUT2D eigenvalue weighted by molar-refractivity contribution is 5.81. The number of guanidine groups is 1. The summed E-state index contributed by atoms with van der Waals surface area (Å²) >= 11 is 0. The lowest BCUT2D eigenvalue weighted by molar-refractivity contribution is -0.129. The van der Waals surface area contributed by atoms with Crippen molar-refractivity contribution in [1.82, 2.24) is 15.5 Å². The molecule has 6 heteroatoms. The van der Waals surface area contributed by atoms with Crippen LogP contribution in [0.25, 0.3) is 0 Å². The van der Waals surface area contributed by atoms with Crippen LogP contribution in [0, 0.1) is 0 Å². The van der Waals surface area contributed by atoms with Crippen molar-refractivity contribution in [3.8, 4) is 5.75 Å². The van der Waals surface area contributed by atoms with E-state index in [-0.39, 0.29) is 5.91 Å². The summed E-state index contributed by atoms with van der Waals surface area (Å²) in [6, 6.07) is 7.94. The third-order valence-corrected chi connectivity index (χ3v) is 4.11. The lowest BCUT2D eigenvalue weighted by Gasteiger charge is -2.16. The molecule has 2 N–H and O–H groups in total. The van der Waals surface area contributed by atoms with Crippen molar-refractivity contribution in [3.05, 3.63) is 29.8 Å². The minimum atomic E-state index is 0.225. The number of benzene rings is 1. The van der Waals surface area contributed by atoms with Crippen LogP contribution in [-0.2, 0) is 11.3 Å². The maximum atomic E-state index is 12.1. The molecule has 0 atom stereocenters. The van der Waals surface area contributed by atoms with Gasteiger partial charge in [0.05, 0.1) is 13.2 Å². The van der Waals surface area contributed by atoms with Crippen molar-refractivity contribution in [2.75, 3.05) is 32.8 Å². The molecule has 1 aromatic rings. The predicted octanol–water partition coefficient (Wildman–Crippen LogP) is 2.15. The van der Waals surface area contributed by atoms with Crippen molar-refractivity contribution in [2.24, 2.45) is 4.99 Å². The Morgan fingerprint density at radius 3 is 2.68 bits per heavy atom. The minimum Gasteiger partial charge on any atom is -0.494 e. The standard InChI is InChI=1S/C19H30N4O2/c1-3-20-19(21-12-11-18(24)23-13-7-8-14-23)22-15-16-9-5-6-10-17(16)25-4-2/h5-6,9-10H,3-4,7-8,11-15H2,1-2H3,(H2,20,21,22). The van der Waals surface area contributed by atoms with Gasteiger partial charge in [-0.2, -0.15) is 0 Å².